The summed E-state index contributed by atoms with van der Waals surface area (Å²) in [6.07, 6.45) is 0. The molecule has 112 valence electrons. The predicted molar refractivity (Wildman–Crippen MR) is 86.4 cm³/mol. The highest BCUT2D eigenvalue weighted by molar-refractivity contribution is 7.99. The minimum atomic E-state index is 0.323. The van der Waals surface area contributed by atoms with Crippen molar-refractivity contribution in [3.63, 3.8) is 0 Å². The molecule has 0 fully saturated rings. The first-order chi connectivity index (χ1) is 10.1. The monoisotopic (exact) mass is 322 g/mol. The van der Waals surface area contributed by atoms with Crippen LogP contribution in [0.5, 0.6) is 0 Å². The SMILES string of the molecule is CCn1c(CN=N)nc(C(C)C)c1Sc1cccc(Cl)c1. The van der Waals surface area contributed by atoms with E-state index in [1.54, 1.807) is 11.8 Å². The molecular formula is C15H19ClN4S. The minimum absolute atomic E-state index is 0.323. The lowest BCUT2D eigenvalue weighted by atomic mass is 10.1. The van der Waals surface area contributed by atoms with E-state index in [0.717, 1.165) is 33.0 Å². The average Bonchev–Trinajstić information content (AvgIpc) is 2.77. The van der Waals surface area contributed by atoms with Gasteiger partial charge in [0.1, 0.15) is 17.4 Å². The second-order valence-corrected chi connectivity index (χ2v) is 6.49. The van der Waals surface area contributed by atoms with Crippen LogP contribution in [0.4, 0.5) is 0 Å². The molecule has 0 saturated carbocycles. The van der Waals surface area contributed by atoms with Gasteiger partial charge in [-0.3, -0.25) is 0 Å². The zero-order chi connectivity index (χ0) is 15.4. The smallest absolute Gasteiger partial charge is 0.133 e. The Labute approximate surface area is 134 Å². The molecule has 0 amide bonds. The van der Waals surface area contributed by atoms with Crippen LogP contribution in [0.1, 0.15) is 38.2 Å². The normalized spacial score (nSPS) is 11.1. The minimum Gasteiger partial charge on any atom is -0.321 e. The maximum Gasteiger partial charge on any atom is 0.133 e. The number of hydrogen-bond donors (Lipinski definition) is 1. The largest absolute Gasteiger partial charge is 0.321 e. The van der Waals surface area contributed by atoms with Crippen LogP contribution in [0.25, 0.3) is 0 Å². The Morgan fingerprint density at radius 2 is 2.19 bits per heavy atom. The summed E-state index contributed by atoms with van der Waals surface area (Å²) in [6.45, 7) is 7.48. The highest BCUT2D eigenvalue weighted by Crippen LogP contribution is 2.35. The first kappa shape index (κ1) is 16.0. The maximum absolute atomic E-state index is 7.10. The Hall–Kier alpha value is -1.33. The molecule has 0 atom stereocenters. The maximum atomic E-state index is 7.10. The van der Waals surface area contributed by atoms with Crippen molar-refractivity contribution in [2.75, 3.05) is 0 Å². The van der Waals surface area contributed by atoms with E-state index in [1.807, 2.05) is 24.3 Å². The van der Waals surface area contributed by atoms with Crippen molar-refractivity contribution in [1.82, 2.24) is 9.55 Å². The van der Waals surface area contributed by atoms with Gasteiger partial charge in [0.05, 0.1) is 5.69 Å². The molecule has 1 aromatic heterocycles. The van der Waals surface area contributed by atoms with Gasteiger partial charge in [-0.25, -0.2) is 10.5 Å². The van der Waals surface area contributed by atoms with E-state index >= 15 is 0 Å². The van der Waals surface area contributed by atoms with Crippen LogP contribution in [-0.2, 0) is 13.1 Å². The summed E-state index contributed by atoms with van der Waals surface area (Å²) in [5.41, 5.74) is 8.15. The summed E-state index contributed by atoms with van der Waals surface area (Å²) in [6, 6.07) is 7.82. The number of halogens is 1. The molecule has 0 spiro atoms. The molecule has 1 N–H and O–H groups in total. The van der Waals surface area contributed by atoms with Crippen LogP contribution in [0, 0.1) is 5.53 Å². The quantitative estimate of drug-likeness (QED) is 0.727. The zero-order valence-corrected chi connectivity index (χ0v) is 14.0. The van der Waals surface area contributed by atoms with Crippen molar-refractivity contribution in [3.05, 3.63) is 40.8 Å². The topological polar surface area (TPSA) is 54.0 Å². The fraction of sp³-hybridized carbons (Fsp3) is 0.400. The van der Waals surface area contributed by atoms with Gasteiger partial charge in [-0.1, -0.05) is 43.3 Å². The Balaban J connectivity index is 2.46. The third-order valence-electron chi connectivity index (χ3n) is 3.12. The summed E-state index contributed by atoms with van der Waals surface area (Å²) < 4.78 is 2.14. The molecule has 6 heteroatoms. The van der Waals surface area contributed by atoms with Crippen molar-refractivity contribution in [2.45, 2.75) is 49.7 Å². The number of nitrogens with zero attached hydrogens (tertiary/aromatic N) is 3. The van der Waals surface area contributed by atoms with Crippen LogP contribution < -0.4 is 0 Å². The third kappa shape index (κ3) is 3.66. The van der Waals surface area contributed by atoms with Crippen molar-refractivity contribution < 1.29 is 0 Å². The van der Waals surface area contributed by atoms with E-state index in [1.165, 1.54) is 0 Å². The van der Waals surface area contributed by atoms with Gasteiger partial charge < -0.3 is 4.57 Å². The Morgan fingerprint density at radius 3 is 2.76 bits per heavy atom. The standard InChI is InChI=1S/C15H19ClN4S/c1-4-20-13(9-18-17)19-14(10(2)3)15(20)21-12-7-5-6-11(16)8-12/h5-8,10,17H,4,9H2,1-3H3. The van der Waals surface area contributed by atoms with Crippen molar-refractivity contribution in [2.24, 2.45) is 5.11 Å². The fourth-order valence-corrected chi connectivity index (χ4v) is 3.69. The molecule has 0 aliphatic carbocycles. The van der Waals surface area contributed by atoms with Gasteiger partial charge in [-0.05, 0) is 31.0 Å². The van der Waals surface area contributed by atoms with Gasteiger partial charge in [0.25, 0.3) is 0 Å². The lowest BCUT2D eigenvalue weighted by molar-refractivity contribution is 0.637. The number of aromatic nitrogens is 2. The molecule has 21 heavy (non-hydrogen) atoms. The summed E-state index contributed by atoms with van der Waals surface area (Å²) in [4.78, 5) is 5.78. The van der Waals surface area contributed by atoms with E-state index in [0.29, 0.717) is 12.5 Å². The molecule has 0 aliphatic rings. The van der Waals surface area contributed by atoms with Crippen LogP contribution in [-0.4, -0.2) is 9.55 Å². The summed E-state index contributed by atoms with van der Waals surface area (Å²) in [7, 11) is 0. The zero-order valence-electron chi connectivity index (χ0n) is 12.4. The molecule has 0 unspecified atom stereocenters. The fourth-order valence-electron chi connectivity index (χ4n) is 2.15. The third-order valence-corrected chi connectivity index (χ3v) is 4.47. The average molecular weight is 323 g/mol. The first-order valence-electron chi connectivity index (χ1n) is 6.92. The van der Waals surface area contributed by atoms with Crippen LogP contribution in [0.2, 0.25) is 5.02 Å². The van der Waals surface area contributed by atoms with Gasteiger partial charge in [0.2, 0.25) is 0 Å². The van der Waals surface area contributed by atoms with Crippen LogP contribution in [0.15, 0.2) is 39.3 Å². The Kier molecular flexibility index (Phi) is 5.42. The molecular weight excluding hydrogens is 304 g/mol. The highest BCUT2D eigenvalue weighted by atomic mass is 35.5. The van der Waals surface area contributed by atoms with E-state index in [-0.39, 0.29) is 0 Å². The van der Waals surface area contributed by atoms with Gasteiger partial charge >= 0.3 is 0 Å². The molecule has 0 saturated heterocycles. The van der Waals surface area contributed by atoms with E-state index in [9.17, 15) is 0 Å². The van der Waals surface area contributed by atoms with Gasteiger partial charge in [-0.2, -0.15) is 5.11 Å². The van der Waals surface area contributed by atoms with Crippen molar-refractivity contribution in [1.29, 1.82) is 5.53 Å². The van der Waals surface area contributed by atoms with Crippen molar-refractivity contribution >= 4 is 23.4 Å². The lowest BCUT2D eigenvalue weighted by Gasteiger charge is -2.10. The number of imidazole rings is 1. The highest BCUT2D eigenvalue weighted by Gasteiger charge is 2.19. The Bertz CT molecular complexity index is 637. The molecule has 1 heterocycles. The Morgan fingerprint density at radius 1 is 1.43 bits per heavy atom. The second kappa shape index (κ2) is 7.09. The van der Waals surface area contributed by atoms with Crippen LogP contribution in [0.3, 0.4) is 0 Å². The molecule has 0 bridgehead atoms. The second-order valence-electron chi connectivity index (χ2n) is 4.99. The van der Waals surface area contributed by atoms with Gasteiger partial charge in [0.15, 0.2) is 0 Å². The van der Waals surface area contributed by atoms with E-state index < -0.39 is 0 Å². The predicted octanol–water partition coefficient (Wildman–Crippen LogP) is 5.36. The summed E-state index contributed by atoms with van der Waals surface area (Å²) in [5.74, 6) is 1.17. The molecule has 4 nitrogen and oxygen atoms in total. The summed E-state index contributed by atoms with van der Waals surface area (Å²) in [5, 5.41) is 5.34. The lowest BCUT2D eigenvalue weighted by Crippen LogP contribution is -2.02. The molecule has 1 aromatic carbocycles. The van der Waals surface area contributed by atoms with Crippen LogP contribution >= 0.6 is 23.4 Å². The molecule has 0 aliphatic heterocycles. The van der Waals surface area contributed by atoms with E-state index in [2.05, 4.69) is 35.4 Å². The number of hydrogen-bond acceptors (Lipinski definition) is 4. The van der Waals surface area contributed by atoms with Crippen molar-refractivity contribution in [3.8, 4) is 0 Å². The summed E-state index contributed by atoms with van der Waals surface area (Å²) >= 11 is 7.73. The number of nitrogens with one attached hydrogen (secondary N) is 1. The molecule has 2 rings (SSSR count). The first-order valence-corrected chi connectivity index (χ1v) is 8.12. The number of benzene rings is 1. The van der Waals surface area contributed by atoms with Gasteiger partial charge in [-0.15, -0.1) is 0 Å². The molecule has 0 radical (unpaired) electrons. The molecule has 2 aromatic rings. The van der Waals surface area contributed by atoms with E-state index in [4.69, 9.17) is 17.1 Å². The van der Waals surface area contributed by atoms with Gasteiger partial charge in [0, 0.05) is 16.5 Å². The number of rotatable bonds is 6.